The van der Waals surface area contributed by atoms with Crippen LogP contribution < -0.4 is 5.32 Å². The summed E-state index contributed by atoms with van der Waals surface area (Å²) < 4.78 is 10.3. The average Bonchev–Trinajstić information content (AvgIpc) is 2.70. The van der Waals surface area contributed by atoms with Gasteiger partial charge < -0.3 is 14.6 Å². The highest BCUT2D eigenvalue weighted by Gasteiger charge is 2.11. The molecule has 5 nitrogen and oxygen atoms in total. The molecule has 1 aromatic rings. The monoisotopic (exact) mass is 255 g/mol. The molecular formula is C13H25N3O2. The standard InChI is InChI=1S/C13H25N3O2/c1-13(2,3)14-9-11-8-12(18-15-11)10-16(4)6-7-17-5/h8,14H,6-7,9-10H2,1-5H3. The van der Waals surface area contributed by atoms with Crippen molar-refractivity contribution in [2.24, 2.45) is 0 Å². The van der Waals surface area contributed by atoms with Gasteiger partial charge in [-0.3, -0.25) is 4.90 Å². The van der Waals surface area contributed by atoms with Gasteiger partial charge in [-0.05, 0) is 27.8 Å². The molecule has 5 heteroatoms. The zero-order chi connectivity index (χ0) is 13.6. The number of hydrogen-bond donors (Lipinski definition) is 1. The molecule has 0 amide bonds. The maximum atomic E-state index is 5.31. The third kappa shape index (κ3) is 6.14. The van der Waals surface area contributed by atoms with Crippen LogP contribution in [0.4, 0.5) is 0 Å². The van der Waals surface area contributed by atoms with Gasteiger partial charge in [-0.2, -0.15) is 0 Å². The Bertz CT molecular complexity index is 344. The minimum Gasteiger partial charge on any atom is -0.383 e. The van der Waals surface area contributed by atoms with Gasteiger partial charge in [0, 0.05) is 31.8 Å². The number of likely N-dealkylation sites (N-methyl/N-ethyl adjacent to an activating group) is 1. The fraction of sp³-hybridized carbons (Fsp3) is 0.769. The first-order chi connectivity index (χ1) is 8.40. The Labute approximate surface area is 109 Å². The molecule has 1 aromatic heterocycles. The third-order valence-corrected chi connectivity index (χ3v) is 2.51. The molecule has 0 radical (unpaired) electrons. The highest BCUT2D eigenvalue weighted by Crippen LogP contribution is 2.08. The summed E-state index contributed by atoms with van der Waals surface area (Å²) in [7, 11) is 3.74. The van der Waals surface area contributed by atoms with E-state index in [0.717, 1.165) is 37.7 Å². The van der Waals surface area contributed by atoms with Gasteiger partial charge in [-0.25, -0.2) is 0 Å². The van der Waals surface area contributed by atoms with Crippen LogP contribution in [0.25, 0.3) is 0 Å². The predicted molar refractivity (Wildman–Crippen MR) is 71.3 cm³/mol. The lowest BCUT2D eigenvalue weighted by molar-refractivity contribution is 0.153. The Morgan fingerprint density at radius 3 is 2.78 bits per heavy atom. The quantitative estimate of drug-likeness (QED) is 0.802. The summed E-state index contributed by atoms with van der Waals surface area (Å²) in [6.07, 6.45) is 0. The van der Waals surface area contributed by atoms with E-state index in [1.54, 1.807) is 7.11 Å². The van der Waals surface area contributed by atoms with Crippen LogP contribution in [0, 0.1) is 0 Å². The van der Waals surface area contributed by atoms with E-state index in [2.05, 4.69) is 36.1 Å². The lowest BCUT2D eigenvalue weighted by Crippen LogP contribution is -2.35. The molecule has 0 saturated heterocycles. The molecule has 0 bridgehead atoms. The van der Waals surface area contributed by atoms with Crippen molar-refractivity contribution in [1.82, 2.24) is 15.4 Å². The zero-order valence-corrected chi connectivity index (χ0v) is 12.1. The lowest BCUT2D eigenvalue weighted by atomic mass is 10.1. The second-order valence-electron chi connectivity index (χ2n) is 5.62. The molecule has 1 heterocycles. The van der Waals surface area contributed by atoms with E-state index < -0.39 is 0 Å². The van der Waals surface area contributed by atoms with E-state index in [-0.39, 0.29) is 5.54 Å². The maximum Gasteiger partial charge on any atom is 0.151 e. The first-order valence-electron chi connectivity index (χ1n) is 6.27. The van der Waals surface area contributed by atoms with E-state index in [9.17, 15) is 0 Å². The maximum absolute atomic E-state index is 5.31. The van der Waals surface area contributed by atoms with Gasteiger partial charge in [0.2, 0.25) is 0 Å². The van der Waals surface area contributed by atoms with Crippen molar-refractivity contribution in [3.8, 4) is 0 Å². The van der Waals surface area contributed by atoms with Gasteiger partial charge in [0.1, 0.15) is 0 Å². The first kappa shape index (κ1) is 15.1. The fourth-order valence-corrected chi connectivity index (χ4v) is 1.46. The number of rotatable bonds is 7. The molecule has 0 aliphatic carbocycles. The van der Waals surface area contributed by atoms with E-state index in [0.29, 0.717) is 0 Å². The highest BCUT2D eigenvalue weighted by molar-refractivity contribution is 5.05. The number of nitrogens with one attached hydrogen (secondary N) is 1. The van der Waals surface area contributed by atoms with Gasteiger partial charge in [-0.15, -0.1) is 0 Å². The Morgan fingerprint density at radius 1 is 1.44 bits per heavy atom. The van der Waals surface area contributed by atoms with Gasteiger partial charge in [-0.1, -0.05) is 5.16 Å². The van der Waals surface area contributed by atoms with Crippen molar-refractivity contribution in [3.05, 3.63) is 17.5 Å². The highest BCUT2D eigenvalue weighted by atomic mass is 16.5. The molecule has 0 aromatic carbocycles. The molecule has 0 aliphatic heterocycles. The lowest BCUT2D eigenvalue weighted by Gasteiger charge is -2.19. The number of hydrogen-bond acceptors (Lipinski definition) is 5. The topological polar surface area (TPSA) is 50.5 Å². The average molecular weight is 255 g/mol. The normalized spacial score (nSPS) is 12.3. The molecule has 104 valence electrons. The Kier molecular flexibility index (Phi) is 5.78. The second kappa shape index (κ2) is 6.87. The molecule has 18 heavy (non-hydrogen) atoms. The summed E-state index contributed by atoms with van der Waals surface area (Å²) >= 11 is 0. The minimum absolute atomic E-state index is 0.0916. The van der Waals surface area contributed by atoms with Crippen molar-refractivity contribution < 1.29 is 9.26 Å². The van der Waals surface area contributed by atoms with Crippen LogP contribution in [0.2, 0.25) is 0 Å². The second-order valence-corrected chi connectivity index (χ2v) is 5.62. The van der Waals surface area contributed by atoms with Crippen LogP contribution in [-0.2, 0) is 17.8 Å². The SMILES string of the molecule is COCCN(C)Cc1cc(CNC(C)(C)C)no1. The number of ether oxygens (including phenoxy) is 1. The molecule has 0 aliphatic rings. The van der Waals surface area contributed by atoms with Crippen LogP contribution in [0.1, 0.15) is 32.2 Å². The van der Waals surface area contributed by atoms with Crippen LogP contribution >= 0.6 is 0 Å². The Hall–Kier alpha value is -0.910. The van der Waals surface area contributed by atoms with Crippen molar-refractivity contribution >= 4 is 0 Å². The molecule has 1 rings (SSSR count). The van der Waals surface area contributed by atoms with Crippen molar-refractivity contribution in [3.63, 3.8) is 0 Å². The minimum atomic E-state index is 0.0916. The van der Waals surface area contributed by atoms with Crippen molar-refractivity contribution in [2.75, 3.05) is 27.3 Å². The van der Waals surface area contributed by atoms with E-state index in [1.807, 2.05) is 13.1 Å². The number of nitrogens with zero attached hydrogens (tertiary/aromatic N) is 2. The molecule has 0 fully saturated rings. The number of methoxy groups -OCH3 is 1. The molecule has 0 unspecified atom stereocenters. The van der Waals surface area contributed by atoms with Crippen molar-refractivity contribution in [1.29, 1.82) is 0 Å². The summed E-state index contributed by atoms with van der Waals surface area (Å²) in [5.41, 5.74) is 1.04. The predicted octanol–water partition coefficient (Wildman–Crippen LogP) is 1.64. The number of aromatic nitrogens is 1. The fourth-order valence-electron chi connectivity index (χ4n) is 1.46. The van der Waals surface area contributed by atoms with E-state index in [1.165, 1.54) is 0 Å². The molecule has 0 spiro atoms. The van der Waals surface area contributed by atoms with Gasteiger partial charge in [0.25, 0.3) is 0 Å². The third-order valence-electron chi connectivity index (χ3n) is 2.51. The summed E-state index contributed by atoms with van der Waals surface area (Å²) in [4.78, 5) is 2.14. The van der Waals surface area contributed by atoms with Gasteiger partial charge in [0.05, 0.1) is 18.8 Å². The zero-order valence-electron chi connectivity index (χ0n) is 12.1. The van der Waals surface area contributed by atoms with E-state index >= 15 is 0 Å². The summed E-state index contributed by atoms with van der Waals surface area (Å²) in [5, 5.41) is 7.44. The largest absolute Gasteiger partial charge is 0.383 e. The molecule has 0 saturated carbocycles. The van der Waals surface area contributed by atoms with Crippen LogP contribution in [0.3, 0.4) is 0 Å². The Balaban J connectivity index is 2.38. The first-order valence-corrected chi connectivity index (χ1v) is 6.27. The van der Waals surface area contributed by atoms with Crippen molar-refractivity contribution in [2.45, 2.75) is 39.4 Å². The Morgan fingerprint density at radius 2 is 2.17 bits per heavy atom. The van der Waals surface area contributed by atoms with Gasteiger partial charge in [0.15, 0.2) is 5.76 Å². The molecule has 0 atom stereocenters. The molecular weight excluding hydrogens is 230 g/mol. The van der Waals surface area contributed by atoms with Crippen LogP contribution in [-0.4, -0.2) is 42.9 Å². The smallest absolute Gasteiger partial charge is 0.151 e. The van der Waals surface area contributed by atoms with Gasteiger partial charge >= 0.3 is 0 Å². The summed E-state index contributed by atoms with van der Waals surface area (Å²) in [6, 6.07) is 2.00. The van der Waals surface area contributed by atoms with Crippen LogP contribution in [0.5, 0.6) is 0 Å². The summed E-state index contributed by atoms with van der Waals surface area (Å²) in [5.74, 6) is 0.888. The van der Waals surface area contributed by atoms with Crippen LogP contribution in [0.15, 0.2) is 10.6 Å². The molecule has 1 N–H and O–H groups in total. The van der Waals surface area contributed by atoms with E-state index in [4.69, 9.17) is 9.26 Å². The summed E-state index contributed by atoms with van der Waals surface area (Å²) in [6.45, 7) is 9.49.